The number of rotatable bonds is 3. The Balaban J connectivity index is 2.31. The van der Waals surface area contributed by atoms with Gasteiger partial charge in [-0.1, -0.05) is 17.7 Å². The van der Waals surface area contributed by atoms with Gasteiger partial charge in [-0.25, -0.2) is 4.98 Å². The second-order valence-electron chi connectivity index (χ2n) is 3.56. The minimum Gasteiger partial charge on any atom is -0.496 e. The zero-order valence-corrected chi connectivity index (χ0v) is 10.0. The van der Waals surface area contributed by atoms with Crippen LogP contribution in [0, 0.1) is 6.92 Å². The molecule has 0 amide bonds. The Bertz CT molecular complexity index is 494. The molecule has 0 radical (unpaired) electrons. The highest BCUT2D eigenvalue weighted by molar-refractivity contribution is 6.30. The average molecular weight is 237 g/mol. The molecular formula is C12H13ClN2O. The lowest BCUT2D eigenvalue weighted by Crippen LogP contribution is -2.02. The average Bonchev–Trinajstić information content (AvgIpc) is 2.67. The molecule has 2 rings (SSSR count). The molecule has 0 aliphatic rings. The molecule has 1 aromatic heterocycles. The smallest absolute Gasteiger partial charge is 0.125 e. The number of aryl methyl sites for hydroxylation is 1. The Morgan fingerprint density at radius 1 is 1.44 bits per heavy atom. The molecule has 0 saturated heterocycles. The van der Waals surface area contributed by atoms with Crippen LogP contribution in [0.1, 0.15) is 11.4 Å². The van der Waals surface area contributed by atoms with E-state index in [0.29, 0.717) is 5.02 Å². The summed E-state index contributed by atoms with van der Waals surface area (Å²) in [5.41, 5.74) is 1.09. The topological polar surface area (TPSA) is 27.1 Å². The molecule has 1 aromatic carbocycles. The van der Waals surface area contributed by atoms with Crippen molar-refractivity contribution in [2.24, 2.45) is 0 Å². The Kier molecular flexibility index (Phi) is 3.15. The summed E-state index contributed by atoms with van der Waals surface area (Å²) in [5, 5.41) is 0.683. The van der Waals surface area contributed by atoms with Gasteiger partial charge >= 0.3 is 0 Å². The predicted octanol–water partition coefficient (Wildman–Crippen LogP) is 2.90. The van der Waals surface area contributed by atoms with Gasteiger partial charge in [-0.15, -0.1) is 0 Å². The van der Waals surface area contributed by atoms with Crippen LogP contribution in [0.15, 0.2) is 30.6 Å². The van der Waals surface area contributed by atoms with Crippen LogP contribution in [-0.4, -0.2) is 16.7 Å². The molecule has 0 spiro atoms. The van der Waals surface area contributed by atoms with Crippen LogP contribution >= 0.6 is 11.6 Å². The standard InChI is InChI=1S/C12H13ClN2O/c1-9-14-5-6-15(9)8-10-3-4-11(13)7-12(10)16-2/h3-7H,8H2,1-2H3. The van der Waals surface area contributed by atoms with Crippen molar-refractivity contribution in [1.29, 1.82) is 0 Å². The number of methoxy groups -OCH3 is 1. The summed E-state index contributed by atoms with van der Waals surface area (Å²) in [6.45, 7) is 2.72. The van der Waals surface area contributed by atoms with Crippen molar-refractivity contribution in [3.8, 4) is 5.75 Å². The van der Waals surface area contributed by atoms with Crippen LogP contribution in [0.5, 0.6) is 5.75 Å². The maximum Gasteiger partial charge on any atom is 0.125 e. The number of hydrogen-bond donors (Lipinski definition) is 0. The number of ether oxygens (including phenoxy) is 1. The Morgan fingerprint density at radius 2 is 2.25 bits per heavy atom. The van der Waals surface area contributed by atoms with E-state index in [-0.39, 0.29) is 0 Å². The molecule has 16 heavy (non-hydrogen) atoms. The first kappa shape index (κ1) is 11.0. The van der Waals surface area contributed by atoms with Gasteiger partial charge in [0.25, 0.3) is 0 Å². The largest absolute Gasteiger partial charge is 0.496 e. The molecule has 0 atom stereocenters. The van der Waals surface area contributed by atoms with Gasteiger partial charge in [-0.3, -0.25) is 0 Å². The third-order valence-corrected chi connectivity index (χ3v) is 2.75. The molecule has 0 bridgehead atoms. The number of imidazole rings is 1. The molecule has 84 valence electrons. The molecule has 0 aliphatic carbocycles. The third kappa shape index (κ3) is 2.19. The van der Waals surface area contributed by atoms with Gasteiger partial charge in [-0.05, 0) is 19.1 Å². The van der Waals surface area contributed by atoms with Gasteiger partial charge in [0.2, 0.25) is 0 Å². The minimum atomic E-state index is 0.683. The molecule has 0 N–H and O–H groups in total. The monoisotopic (exact) mass is 236 g/mol. The van der Waals surface area contributed by atoms with Crippen LogP contribution in [-0.2, 0) is 6.54 Å². The fourth-order valence-corrected chi connectivity index (χ4v) is 1.77. The summed E-state index contributed by atoms with van der Waals surface area (Å²) < 4.78 is 7.36. The highest BCUT2D eigenvalue weighted by Crippen LogP contribution is 2.24. The Labute approximate surface area is 99.6 Å². The number of hydrogen-bond acceptors (Lipinski definition) is 2. The van der Waals surface area contributed by atoms with Gasteiger partial charge < -0.3 is 9.30 Å². The van der Waals surface area contributed by atoms with E-state index in [0.717, 1.165) is 23.7 Å². The first-order valence-corrected chi connectivity index (χ1v) is 5.38. The molecule has 1 heterocycles. The number of nitrogens with zero attached hydrogens (tertiary/aromatic N) is 2. The van der Waals surface area contributed by atoms with Crippen molar-refractivity contribution in [2.45, 2.75) is 13.5 Å². The second kappa shape index (κ2) is 4.58. The van der Waals surface area contributed by atoms with Crippen molar-refractivity contribution in [3.05, 3.63) is 47.0 Å². The molecule has 0 unspecified atom stereocenters. The van der Waals surface area contributed by atoms with Crippen molar-refractivity contribution in [2.75, 3.05) is 7.11 Å². The van der Waals surface area contributed by atoms with Crippen LogP contribution in [0.4, 0.5) is 0 Å². The summed E-state index contributed by atoms with van der Waals surface area (Å²) in [5.74, 6) is 1.79. The van der Waals surface area contributed by atoms with Crippen molar-refractivity contribution < 1.29 is 4.74 Å². The van der Waals surface area contributed by atoms with E-state index in [4.69, 9.17) is 16.3 Å². The van der Waals surface area contributed by atoms with Crippen molar-refractivity contribution in [1.82, 2.24) is 9.55 Å². The van der Waals surface area contributed by atoms with E-state index in [1.54, 1.807) is 13.3 Å². The van der Waals surface area contributed by atoms with E-state index in [2.05, 4.69) is 9.55 Å². The van der Waals surface area contributed by atoms with E-state index in [1.165, 1.54) is 0 Å². The van der Waals surface area contributed by atoms with Crippen LogP contribution in [0.3, 0.4) is 0 Å². The quantitative estimate of drug-likeness (QED) is 0.820. The van der Waals surface area contributed by atoms with E-state index in [9.17, 15) is 0 Å². The van der Waals surface area contributed by atoms with Crippen LogP contribution < -0.4 is 4.74 Å². The molecule has 3 nitrogen and oxygen atoms in total. The zero-order chi connectivity index (χ0) is 11.5. The van der Waals surface area contributed by atoms with Gasteiger partial charge in [0, 0.05) is 23.0 Å². The van der Waals surface area contributed by atoms with Gasteiger partial charge in [-0.2, -0.15) is 0 Å². The summed E-state index contributed by atoms with van der Waals surface area (Å²) in [7, 11) is 1.65. The lowest BCUT2D eigenvalue weighted by molar-refractivity contribution is 0.408. The second-order valence-corrected chi connectivity index (χ2v) is 3.99. The minimum absolute atomic E-state index is 0.683. The van der Waals surface area contributed by atoms with Crippen molar-refractivity contribution in [3.63, 3.8) is 0 Å². The third-order valence-electron chi connectivity index (χ3n) is 2.51. The zero-order valence-electron chi connectivity index (χ0n) is 9.27. The predicted molar refractivity (Wildman–Crippen MR) is 64.1 cm³/mol. The van der Waals surface area contributed by atoms with Gasteiger partial charge in [0.1, 0.15) is 11.6 Å². The molecule has 4 heteroatoms. The lowest BCUT2D eigenvalue weighted by atomic mass is 10.2. The fourth-order valence-electron chi connectivity index (χ4n) is 1.60. The molecular weight excluding hydrogens is 224 g/mol. The van der Waals surface area contributed by atoms with E-state index in [1.807, 2.05) is 31.3 Å². The van der Waals surface area contributed by atoms with Gasteiger partial charge in [0.05, 0.1) is 13.7 Å². The highest BCUT2D eigenvalue weighted by atomic mass is 35.5. The maximum absolute atomic E-state index is 5.91. The first-order chi connectivity index (χ1) is 7.70. The maximum atomic E-state index is 5.91. The van der Waals surface area contributed by atoms with E-state index >= 15 is 0 Å². The molecule has 2 aromatic rings. The molecule has 0 fully saturated rings. The molecule has 0 aliphatic heterocycles. The summed E-state index contributed by atoms with van der Waals surface area (Å²) >= 11 is 5.91. The van der Waals surface area contributed by atoms with Crippen molar-refractivity contribution >= 4 is 11.6 Å². The van der Waals surface area contributed by atoms with E-state index < -0.39 is 0 Å². The first-order valence-electron chi connectivity index (χ1n) is 5.01. The number of halogens is 1. The highest BCUT2D eigenvalue weighted by Gasteiger charge is 2.05. The number of aromatic nitrogens is 2. The Morgan fingerprint density at radius 3 is 2.88 bits per heavy atom. The summed E-state index contributed by atoms with van der Waals surface area (Å²) in [6.07, 6.45) is 3.74. The molecule has 0 saturated carbocycles. The van der Waals surface area contributed by atoms with Gasteiger partial charge in [0.15, 0.2) is 0 Å². The van der Waals surface area contributed by atoms with Crippen LogP contribution in [0.2, 0.25) is 5.02 Å². The SMILES string of the molecule is COc1cc(Cl)ccc1Cn1ccnc1C. The fraction of sp³-hybridized carbons (Fsp3) is 0.250. The summed E-state index contributed by atoms with van der Waals surface area (Å²) in [4.78, 5) is 4.18. The lowest BCUT2D eigenvalue weighted by Gasteiger charge is -2.10. The Hall–Kier alpha value is -1.48. The number of benzene rings is 1. The summed E-state index contributed by atoms with van der Waals surface area (Å²) in [6, 6.07) is 5.66. The van der Waals surface area contributed by atoms with Crippen LogP contribution in [0.25, 0.3) is 0 Å². The normalized spacial score (nSPS) is 10.4.